The van der Waals surface area contributed by atoms with Crippen LogP contribution in [-0.2, 0) is 27.1 Å². The van der Waals surface area contributed by atoms with E-state index in [1.807, 2.05) is 85.8 Å². The van der Waals surface area contributed by atoms with Gasteiger partial charge in [0, 0.05) is 57.0 Å². The molecule has 1 aliphatic heterocycles. The van der Waals surface area contributed by atoms with Gasteiger partial charge >= 0.3 is 6.09 Å². The SMILES string of the molecule is CCc1cccc(-c2cc(F)c(C(=O)NCCOCCN(CC(=O)N3CCN(C(=O)c4cc(Cc5n[nH]c(=O)c6ccccc56)ccc4F)CC3)C(=O)OCC3c4ccccc4-c4ccccc43)c(C#N)c2)c1. The summed E-state index contributed by atoms with van der Waals surface area (Å²) in [4.78, 5) is 71.4. The monoisotopic (exact) mass is 983 g/mol. The number of aryl methyl sites for hydroxylation is 1. The second-order valence-electron chi connectivity index (χ2n) is 17.8. The molecular formula is C57H51F2N7O7. The van der Waals surface area contributed by atoms with Crippen LogP contribution in [0.3, 0.4) is 0 Å². The molecule has 2 aliphatic rings. The van der Waals surface area contributed by atoms with Crippen molar-refractivity contribution in [2.24, 2.45) is 0 Å². The van der Waals surface area contributed by atoms with Crippen molar-refractivity contribution >= 4 is 34.6 Å². The van der Waals surface area contributed by atoms with Crippen molar-refractivity contribution in [1.29, 1.82) is 5.26 Å². The number of nitriles is 1. The Morgan fingerprint density at radius 2 is 1.48 bits per heavy atom. The first kappa shape index (κ1) is 49.4. The molecule has 1 aliphatic carbocycles. The molecule has 1 fully saturated rings. The molecule has 9 rings (SSSR count). The van der Waals surface area contributed by atoms with Crippen molar-refractivity contribution in [2.45, 2.75) is 25.7 Å². The van der Waals surface area contributed by atoms with Gasteiger partial charge in [-0.15, -0.1) is 0 Å². The first-order valence-corrected chi connectivity index (χ1v) is 24.1. The average Bonchev–Trinajstić information content (AvgIpc) is 3.74. The molecule has 6 aromatic carbocycles. The number of benzene rings is 6. The summed E-state index contributed by atoms with van der Waals surface area (Å²) in [5.41, 5.74) is 6.62. The van der Waals surface area contributed by atoms with Gasteiger partial charge in [-0.05, 0) is 81.3 Å². The molecule has 16 heteroatoms. The molecule has 14 nitrogen and oxygen atoms in total. The molecule has 0 saturated carbocycles. The summed E-state index contributed by atoms with van der Waals surface area (Å²) in [5.74, 6) is -3.50. The van der Waals surface area contributed by atoms with Crippen molar-refractivity contribution in [3.8, 4) is 28.3 Å². The number of ether oxygens (including phenoxy) is 2. The van der Waals surface area contributed by atoms with Crippen molar-refractivity contribution in [1.82, 2.24) is 30.2 Å². The maximum atomic E-state index is 15.5. The zero-order valence-electron chi connectivity index (χ0n) is 40.0. The molecule has 370 valence electrons. The molecule has 0 radical (unpaired) electrons. The van der Waals surface area contributed by atoms with Crippen molar-refractivity contribution in [3.63, 3.8) is 0 Å². The van der Waals surface area contributed by atoms with Crippen molar-refractivity contribution < 1.29 is 37.4 Å². The Balaban J connectivity index is 0.820. The molecular weight excluding hydrogens is 933 g/mol. The van der Waals surface area contributed by atoms with E-state index in [1.165, 1.54) is 39.0 Å². The lowest BCUT2D eigenvalue weighted by Crippen LogP contribution is -2.53. The summed E-state index contributed by atoms with van der Waals surface area (Å²) < 4.78 is 42.5. The molecule has 4 amide bonds. The highest BCUT2D eigenvalue weighted by Crippen LogP contribution is 2.44. The van der Waals surface area contributed by atoms with Crippen LogP contribution in [0.15, 0.2) is 132 Å². The van der Waals surface area contributed by atoms with Gasteiger partial charge in [0.1, 0.15) is 30.9 Å². The van der Waals surface area contributed by atoms with E-state index in [9.17, 15) is 29.2 Å². The standard InChI is InChI=1S/C57H51F2N7O7/c1-2-36-10-9-11-38(28-36)39-31-40(33-60)53(50(59)32-39)55(69)61-20-26-72-27-25-66(57(71)73-35-48-43-14-5-3-12-41(43)42-13-4-6-15-44(42)48)34-52(67)64-21-23-65(24-22-64)56(70)47-29-37(18-19-49(47)58)30-51-45-16-7-8-17-46(45)54(68)63-62-51/h3-19,28-29,31-32,48H,2,20-27,30,34-35H2,1H3,(H,61,69)(H,63,68). The zero-order chi connectivity index (χ0) is 51.0. The van der Waals surface area contributed by atoms with E-state index in [1.54, 1.807) is 30.3 Å². The van der Waals surface area contributed by atoms with Crippen LogP contribution in [0.1, 0.15) is 67.1 Å². The lowest BCUT2D eigenvalue weighted by molar-refractivity contribution is -0.133. The largest absolute Gasteiger partial charge is 0.448 e. The fraction of sp³-hybridized carbons (Fsp3) is 0.246. The first-order chi connectivity index (χ1) is 35.5. The van der Waals surface area contributed by atoms with Crippen LogP contribution < -0.4 is 10.9 Å². The fourth-order valence-corrected chi connectivity index (χ4v) is 9.52. The lowest BCUT2D eigenvalue weighted by Gasteiger charge is -2.36. The maximum Gasteiger partial charge on any atom is 0.410 e. The highest BCUT2D eigenvalue weighted by atomic mass is 19.1. The smallest absolute Gasteiger partial charge is 0.410 e. The van der Waals surface area contributed by atoms with Gasteiger partial charge in [-0.25, -0.2) is 18.7 Å². The molecule has 1 aromatic heterocycles. The number of piperazine rings is 1. The van der Waals surface area contributed by atoms with E-state index in [-0.39, 0.29) is 100 Å². The van der Waals surface area contributed by atoms with E-state index < -0.39 is 35.4 Å². The molecule has 7 aromatic rings. The summed E-state index contributed by atoms with van der Waals surface area (Å²) in [7, 11) is 0. The number of fused-ring (bicyclic) bond motifs is 4. The van der Waals surface area contributed by atoms with Crippen LogP contribution in [0.2, 0.25) is 0 Å². The maximum absolute atomic E-state index is 15.5. The topological polar surface area (TPSA) is 178 Å². The summed E-state index contributed by atoms with van der Waals surface area (Å²) in [5, 5.41) is 20.3. The predicted molar refractivity (Wildman–Crippen MR) is 270 cm³/mol. The van der Waals surface area contributed by atoms with Gasteiger partial charge in [-0.2, -0.15) is 10.4 Å². The van der Waals surface area contributed by atoms with Gasteiger partial charge < -0.3 is 24.6 Å². The summed E-state index contributed by atoms with van der Waals surface area (Å²) >= 11 is 0. The molecule has 1 saturated heterocycles. The Labute approximate surface area is 419 Å². The molecule has 73 heavy (non-hydrogen) atoms. The van der Waals surface area contributed by atoms with Gasteiger partial charge in [0.2, 0.25) is 5.91 Å². The van der Waals surface area contributed by atoms with Crippen LogP contribution in [0, 0.1) is 23.0 Å². The number of halogens is 2. The van der Waals surface area contributed by atoms with E-state index in [4.69, 9.17) is 9.47 Å². The average molecular weight is 984 g/mol. The van der Waals surface area contributed by atoms with Gasteiger partial charge in [0.05, 0.1) is 41.0 Å². The lowest BCUT2D eigenvalue weighted by atomic mass is 9.97. The van der Waals surface area contributed by atoms with E-state index >= 15 is 8.78 Å². The summed E-state index contributed by atoms with van der Waals surface area (Å²) in [6, 6.07) is 39.3. The van der Waals surface area contributed by atoms with Crippen molar-refractivity contribution in [3.05, 3.63) is 194 Å². The van der Waals surface area contributed by atoms with Crippen LogP contribution in [-0.4, -0.2) is 114 Å². The zero-order valence-corrected chi connectivity index (χ0v) is 40.0. The number of aromatic nitrogens is 2. The van der Waals surface area contributed by atoms with Gasteiger partial charge in [-0.3, -0.25) is 24.1 Å². The van der Waals surface area contributed by atoms with E-state index in [0.29, 0.717) is 27.6 Å². The van der Waals surface area contributed by atoms with E-state index in [0.717, 1.165) is 39.8 Å². The number of nitrogens with zero attached hydrogens (tertiary/aromatic N) is 5. The van der Waals surface area contributed by atoms with Gasteiger partial charge in [0.15, 0.2) is 0 Å². The number of H-pyrrole nitrogens is 1. The minimum atomic E-state index is -0.836. The number of hydrogen-bond acceptors (Lipinski definition) is 9. The second kappa shape index (κ2) is 22.3. The van der Waals surface area contributed by atoms with Crippen LogP contribution in [0.5, 0.6) is 0 Å². The molecule has 0 bridgehead atoms. The third kappa shape index (κ3) is 10.9. The van der Waals surface area contributed by atoms with Crippen LogP contribution >= 0.6 is 0 Å². The normalized spacial score (nSPS) is 13.0. The number of rotatable bonds is 16. The number of carbonyl (C=O) groups excluding carboxylic acids is 4. The fourth-order valence-electron chi connectivity index (χ4n) is 9.52. The highest BCUT2D eigenvalue weighted by Gasteiger charge is 2.32. The summed E-state index contributed by atoms with van der Waals surface area (Å²) in [6.45, 7) is 1.89. The number of amides is 4. The Morgan fingerprint density at radius 3 is 2.21 bits per heavy atom. The van der Waals surface area contributed by atoms with Gasteiger partial charge in [0.25, 0.3) is 17.4 Å². The molecule has 0 atom stereocenters. The Hall–Kier alpha value is -8.55. The number of carbonyl (C=O) groups is 4. The third-order valence-electron chi connectivity index (χ3n) is 13.4. The Kier molecular flexibility index (Phi) is 15.1. The van der Waals surface area contributed by atoms with Crippen molar-refractivity contribution in [2.75, 3.05) is 65.6 Å². The number of hydrogen-bond donors (Lipinski definition) is 2. The third-order valence-corrected chi connectivity index (χ3v) is 13.4. The second-order valence-corrected chi connectivity index (χ2v) is 17.8. The van der Waals surface area contributed by atoms with E-state index in [2.05, 4.69) is 15.5 Å². The first-order valence-electron chi connectivity index (χ1n) is 24.1. The highest BCUT2D eigenvalue weighted by molar-refractivity contribution is 5.98. The predicted octanol–water partition coefficient (Wildman–Crippen LogP) is 7.88. The minimum Gasteiger partial charge on any atom is -0.448 e. The molecule has 0 unspecified atom stereocenters. The van der Waals surface area contributed by atoms with Crippen LogP contribution in [0.25, 0.3) is 33.0 Å². The quantitative estimate of drug-likeness (QED) is 0.0912. The summed E-state index contributed by atoms with van der Waals surface area (Å²) in [6.07, 6.45) is 0.268. The van der Waals surface area contributed by atoms with Crippen LogP contribution in [0.4, 0.5) is 13.6 Å². The molecule has 2 N–H and O–H groups in total. The van der Waals surface area contributed by atoms with Gasteiger partial charge in [-0.1, -0.05) is 104 Å². The number of aromatic amines is 1. The number of nitrogens with one attached hydrogen (secondary N) is 2. The minimum absolute atomic E-state index is 0.00824. The molecule has 0 spiro atoms. The Bertz CT molecular complexity index is 3300. The Morgan fingerprint density at radius 1 is 0.781 bits per heavy atom. The molecule has 2 heterocycles.